The minimum absolute atomic E-state index is 0.381. The number of aromatic nitrogens is 3. The van der Waals surface area contributed by atoms with Gasteiger partial charge in [0.1, 0.15) is 0 Å². The Morgan fingerprint density at radius 1 is 0.829 bits per heavy atom. The van der Waals surface area contributed by atoms with E-state index in [9.17, 15) is 0 Å². The topological polar surface area (TPSA) is 119 Å². The molecule has 0 radical (unpaired) electrons. The van der Waals surface area contributed by atoms with Gasteiger partial charge in [0.25, 0.3) is 0 Å². The second kappa shape index (κ2) is 13.2. The molecule has 1 fully saturated rings. The molecule has 0 saturated heterocycles. The molecule has 188 valence electrons. The zero-order valence-corrected chi connectivity index (χ0v) is 20.5. The molecule has 35 heavy (non-hydrogen) atoms. The zero-order valence-electron chi connectivity index (χ0n) is 20.5. The van der Waals surface area contributed by atoms with Crippen LogP contribution in [0.25, 0.3) is 10.8 Å². The molecule has 0 unspecified atom stereocenters. The summed E-state index contributed by atoms with van der Waals surface area (Å²) in [7, 11) is 0. The number of hydrogen-bond acceptors (Lipinski definition) is 9. The summed E-state index contributed by atoms with van der Waals surface area (Å²) in [5.41, 5.74) is 6.34. The molecule has 1 aliphatic rings. The van der Waals surface area contributed by atoms with Gasteiger partial charge in [-0.3, -0.25) is 0 Å². The Morgan fingerprint density at radius 2 is 1.54 bits per heavy atom. The molecule has 1 saturated carbocycles. The van der Waals surface area contributed by atoms with Crippen LogP contribution in [-0.4, -0.2) is 60.5 Å². The van der Waals surface area contributed by atoms with Gasteiger partial charge in [0.05, 0.1) is 26.4 Å². The molecule has 0 amide bonds. The Kier molecular flexibility index (Phi) is 9.45. The van der Waals surface area contributed by atoms with Crippen molar-refractivity contribution >= 4 is 34.3 Å². The molecule has 0 bridgehead atoms. The van der Waals surface area contributed by atoms with Gasteiger partial charge in [-0.05, 0) is 54.5 Å². The Morgan fingerprint density at radius 3 is 2.34 bits per heavy atom. The number of fused-ring (bicyclic) bond motifs is 1. The van der Waals surface area contributed by atoms with Crippen molar-refractivity contribution in [1.29, 1.82) is 0 Å². The van der Waals surface area contributed by atoms with E-state index >= 15 is 0 Å². The van der Waals surface area contributed by atoms with Gasteiger partial charge in [-0.25, -0.2) is 0 Å². The van der Waals surface area contributed by atoms with Crippen LogP contribution in [0, 0.1) is 5.92 Å². The number of ether oxygens (including phenoxy) is 2. The van der Waals surface area contributed by atoms with Gasteiger partial charge in [-0.2, -0.15) is 15.0 Å². The highest BCUT2D eigenvalue weighted by atomic mass is 16.5. The van der Waals surface area contributed by atoms with E-state index in [1.54, 1.807) is 0 Å². The van der Waals surface area contributed by atoms with E-state index in [0.29, 0.717) is 63.4 Å². The van der Waals surface area contributed by atoms with Crippen LogP contribution in [0.5, 0.6) is 0 Å². The van der Waals surface area contributed by atoms with Gasteiger partial charge in [-0.1, -0.05) is 37.3 Å². The second-order valence-electron chi connectivity index (χ2n) is 9.03. The van der Waals surface area contributed by atoms with Crippen LogP contribution in [0.15, 0.2) is 42.5 Å². The lowest BCUT2D eigenvalue weighted by atomic mass is 9.87. The highest BCUT2D eigenvalue weighted by molar-refractivity contribution is 5.86. The van der Waals surface area contributed by atoms with Gasteiger partial charge in [0.2, 0.25) is 17.8 Å². The molecule has 0 spiro atoms. The molecule has 3 aromatic rings. The lowest BCUT2D eigenvalue weighted by Crippen LogP contribution is -2.26. The standard InChI is InChI=1S/C26H37N7O2/c1-19-6-9-22(10-7-19)29-25-31-24(28-13-15-35-17-16-34-14-12-27)32-26(33-25)30-23-11-8-20-4-2-3-5-21(20)18-23/h2-5,8,11,18-19,22H,6-7,9-10,12-17,27H2,1H3,(H3,28,29,30,31,32,33). The fraction of sp³-hybridized carbons (Fsp3) is 0.500. The number of nitrogens with one attached hydrogen (secondary N) is 3. The lowest BCUT2D eigenvalue weighted by Gasteiger charge is -2.27. The van der Waals surface area contributed by atoms with Crippen molar-refractivity contribution in [2.75, 3.05) is 55.5 Å². The van der Waals surface area contributed by atoms with Crippen LogP contribution in [0.2, 0.25) is 0 Å². The summed E-state index contributed by atoms with van der Waals surface area (Å²) in [5.74, 6) is 2.38. The average molecular weight is 480 g/mol. The van der Waals surface area contributed by atoms with Crippen LogP contribution in [0.4, 0.5) is 23.5 Å². The first kappa shape index (κ1) is 25.1. The number of rotatable bonds is 13. The summed E-state index contributed by atoms with van der Waals surface area (Å²) in [4.78, 5) is 13.9. The minimum Gasteiger partial charge on any atom is -0.378 e. The van der Waals surface area contributed by atoms with Gasteiger partial charge in [0, 0.05) is 24.8 Å². The largest absolute Gasteiger partial charge is 0.378 e. The van der Waals surface area contributed by atoms with Gasteiger partial charge < -0.3 is 31.2 Å². The number of hydrogen-bond donors (Lipinski definition) is 4. The summed E-state index contributed by atoms with van der Waals surface area (Å²) in [6.45, 7) is 5.56. The molecular weight excluding hydrogens is 442 g/mol. The molecule has 1 aliphatic carbocycles. The Labute approximate surface area is 207 Å². The first-order chi connectivity index (χ1) is 17.2. The van der Waals surface area contributed by atoms with Crippen LogP contribution in [0.1, 0.15) is 32.6 Å². The predicted octanol–water partition coefficient (Wildman–Crippen LogP) is 4.16. The zero-order chi connectivity index (χ0) is 24.3. The van der Waals surface area contributed by atoms with E-state index in [1.165, 1.54) is 18.2 Å². The van der Waals surface area contributed by atoms with E-state index in [-0.39, 0.29) is 0 Å². The first-order valence-electron chi connectivity index (χ1n) is 12.6. The maximum Gasteiger partial charge on any atom is 0.233 e. The lowest BCUT2D eigenvalue weighted by molar-refractivity contribution is 0.0547. The molecule has 0 atom stereocenters. The molecular formula is C26H37N7O2. The van der Waals surface area contributed by atoms with Crippen molar-refractivity contribution in [2.45, 2.75) is 38.6 Å². The molecule has 1 aromatic heterocycles. The first-order valence-corrected chi connectivity index (χ1v) is 12.6. The summed E-state index contributed by atoms with van der Waals surface area (Å²) >= 11 is 0. The van der Waals surface area contributed by atoms with Gasteiger partial charge in [-0.15, -0.1) is 0 Å². The molecule has 0 aliphatic heterocycles. The summed E-state index contributed by atoms with van der Waals surface area (Å²) in [5, 5.41) is 12.5. The molecule has 9 nitrogen and oxygen atoms in total. The highest BCUT2D eigenvalue weighted by Gasteiger charge is 2.19. The quantitative estimate of drug-likeness (QED) is 0.268. The summed E-state index contributed by atoms with van der Waals surface area (Å²) in [6.07, 6.45) is 4.71. The van der Waals surface area contributed by atoms with Gasteiger partial charge in [0.15, 0.2) is 0 Å². The van der Waals surface area contributed by atoms with Crippen molar-refractivity contribution in [3.05, 3.63) is 42.5 Å². The van der Waals surface area contributed by atoms with E-state index < -0.39 is 0 Å². The summed E-state index contributed by atoms with van der Waals surface area (Å²) < 4.78 is 10.9. The molecule has 9 heteroatoms. The number of anilines is 4. The third kappa shape index (κ3) is 8.02. The third-order valence-electron chi connectivity index (χ3n) is 6.15. The maximum absolute atomic E-state index is 5.60. The van der Waals surface area contributed by atoms with E-state index in [0.717, 1.165) is 29.8 Å². The van der Waals surface area contributed by atoms with E-state index in [1.807, 2.05) is 18.2 Å². The average Bonchev–Trinajstić information content (AvgIpc) is 2.87. The van der Waals surface area contributed by atoms with Crippen LogP contribution < -0.4 is 21.7 Å². The number of benzene rings is 2. The van der Waals surface area contributed by atoms with Crippen molar-refractivity contribution in [1.82, 2.24) is 15.0 Å². The van der Waals surface area contributed by atoms with Crippen molar-refractivity contribution in [3.8, 4) is 0 Å². The maximum atomic E-state index is 5.60. The monoisotopic (exact) mass is 479 g/mol. The predicted molar refractivity (Wildman–Crippen MR) is 141 cm³/mol. The van der Waals surface area contributed by atoms with Crippen LogP contribution >= 0.6 is 0 Å². The molecule has 1 heterocycles. The van der Waals surface area contributed by atoms with Crippen molar-refractivity contribution < 1.29 is 9.47 Å². The fourth-order valence-corrected chi connectivity index (χ4v) is 4.20. The van der Waals surface area contributed by atoms with Crippen molar-refractivity contribution in [3.63, 3.8) is 0 Å². The molecule has 5 N–H and O–H groups in total. The van der Waals surface area contributed by atoms with Crippen LogP contribution in [0.3, 0.4) is 0 Å². The van der Waals surface area contributed by atoms with E-state index in [2.05, 4.69) is 62.1 Å². The Balaban J connectivity index is 1.40. The third-order valence-corrected chi connectivity index (χ3v) is 6.15. The number of nitrogens with zero attached hydrogens (tertiary/aromatic N) is 3. The molecule has 2 aromatic carbocycles. The fourth-order valence-electron chi connectivity index (χ4n) is 4.20. The number of nitrogens with two attached hydrogens (primary N) is 1. The second-order valence-corrected chi connectivity index (χ2v) is 9.03. The SMILES string of the molecule is CC1CCC(Nc2nc(NCCOCCOCCN)nc(Nc3ccc4ccccc4c3)n2)CC1. The Hall–Kier alpha value is -3.01. The van der Waals surface area contributed by atoms with E-state index in [4.69, 9.17) is 15.2 Å². The Bertz CT molecular complexity index is 1060. The van der Waals surface area contributed by atoms with Crippen molar-refractivity contribution in [2.24, 2.45) is 11.7 Å². The highest BCUT2D eigenvalue weighted by Crippen LogP contribution is 2.26. The normalized spacial score (nSPS) is 17.9. The van der Waals surface area contributed by atoms with Crippen LogP contribution in [-0.2, 0) is 9.47 Å². The van der Waals surface area contributed by atoms with Gasteiger partial charge >= 0.3 is 0 Å². The molecule has 4 rings (SSSR count). The summed E-state index contributed by atoms with van der Waals surface area (Å²) in [6, 6.07) is 14.9. The smallest absolute Gasteiger partial charge is 0.233 e. The minimum atomic E-state index is 0.381.